The van der Waals surface area contributed by atoms with E-state index in [9.17, 15) is 4.79 Å². The second-order valence-electron chi connectivity index (χ2n) is 3.14. The molecule has 2 nitrogen and oxygen atoms in total. The number of benzene rings is 1. The van der Waals surface area contributed by atoms with Crippen molar-refractivity contribution in [2.75, 3.05) is 7.11 Å². The Morgan fingerprint density at radius 2 is 1.88 bits per heavy atom. The molecule has 0 spiro atoms. The Morgan fingerprint density at radius 1 is 1.29 bits per heavy atom. The first kappa shape index (κ1) is 15.2. The van der Waals surface area contributed by atoms with Crippen molar-refractivity contribution in [1.82, 2.24) is 0 Å². The van der Waals surface area contributed by atoms with Crippen molar-refractivity contribution in [3.8, 4) is 11.8 Å². The van der Waals surface area contributed by atoms with Gasteiger partial charge in [0.1, 0.15) is 0 Å². The van der Waals surface area contributed by atoms with Crippen LogP contribution in [0.15, 0.2) is 30.3 Å². The van der Waals surface area contributed by atoms with Crippen molar-refractivity contribution < 1.29 is 9.53 Å². The van der Waals surface area contributed by atoms with E-state index in [4.69, 9.17) is 0 Å². The number of hydrogen-bond acceptors (Lipinski definition) is 2. The monoisotopic (exact) mass is 232 g/mol. The van der Waals surface area contributed by atoms with Gasteiger partial charge in [-0.05, 0) is 12.5 Å². The number of carbonyl (C=O) groups excluding carboxylic acids is 1. The summed E-state index contributed by atoms with van der Waals surface area (Å²) in [5.41, 5.74) is 1.05. The summed E-state index contributed by atoms with van der Waals surface area (Å²) in [4.78, 5) is 11.2. The number of rotatable bonds is 3. The molecule has 1 atom stereocenters. The lowest BCUT2D eigenvalue weighted by molar-refractivity contribution is -0.140. The van der Waals surface area contributed by atoms with Crippen LogP contribution in [0, 0.1) is 11.8 Å². The predicted octanol–water partition coefficient (Wildman–Crippen LogP) is 3.38. The molecule has 0 heterocycles. The molecule has 92 valence electrons. The minimum Gasteiger partial charge on any atom is -0.469 e. The Hall–Kier alpha value is -1.75. The number of carbonyl (C=O) groups is 1. The van der Waals surface area contributed by atoms with Crippen molar-refractivity contribution in [2.45, 2.75) is 33.1 Å². The summed E-state index contributed by atoms with van der Waals surface area (Å²) in [5.74, 6) is 5.56. The Morgan fingerprint density at radius 3 is 2.35 bits per heavy atom. The lowest BCUT2D eigenvalue weighted by Crippen LogP contribution is -2.07. The Bertz CT molecular complexity index is 371. The van der Waals surface area contributed by atoms with Crippen LogP contribution in [0.4, 0.5) is 0 Å². The summed E-state index contributed by atoms with van der Waals surface area (Å²) >= 11 is 0. The van der Waals surface area contributed by atoms with Gasteiger partial charge >= 0.3 is 5.97 Å². The zero-order chi connectivity index (χ0) is 13.1. The molecule has 0 amide bonds. The van der Waals surface area contributed by atoms with E-state index < -0.39 is 0 Å². The highest BCUT2D eigenvalue weighted by atomic mass is 16.5. The predicted molar refractivity (Wildman–Crippen MR) is 70.6 cm³/mol. The molecule has 0 bridgehead atoms. The topological polar surface area (TPSA) is 26.3 Å². The lowest BCUT2D eigenvalue weighted by Gasteiger charge is -2.09. The molecule has 0 aliphatic heterocycles. The molecule has 0 aliphatic carbocycles. The van der Waals surface area contributed by atoms with Gasteiger partial charge < -0.3 is 4.74 Å². The highest BCUT2D eigenvalue weighted by Gasteiger charge is 2.13. The molecule has 1 unspecified atom stereocenters. The number of esters is 1. The Kier molecular flexibility index (Phi) is 8.50. The molecule has 17 heavy (non-hydrogen) atoms. The van der Waals surface area contributed by atoms with Gasteiger partial charge in [-0.1, -0.05) is 50.1 Å². The molecular weight excluding hydrogens is 212 g/mol. The van der Waals surface area contributed by atoms with Gasteiger partial charge in [0, 0.05) is 0 Å². The molecule has 0 radical (unpaired) electrons. The maximum absolute atomic E-state index is 11.2. The average Bonchev–Trinajstić information content (AvgIpc) is 2.41. The van der Waals surface area contributed by atoms with Gasteiger partial charge in [-0.25, -0.2) is 0 Å². The van der Waals surface area contributed by atoms with Crippen molar-refractivity contribution in [3.05, 3.63) is 35.9 Å². The zero-order valence-corrected chi connectivity index (χ0v) is 11.0. The minimum atomic E-state index is -0.230. The third-order valence-electron chi connectivity index (χ3n) is 2.12. The Balaban J connectivity index is 0.00000121. The molecule has 0 N–H and O–H groups in total. The van der Waals surface area contributed by atoms with Crippen molar-refractivity contribution in [1.29, 1.82) is 0 Å². The van der Waals surface area contributed by atoms with E-state index in [1.54, 1.807) is 6.92 Å². The van der Waals surface area contributed by atoms with Crippen LogP contribution < -0.4 is 0 Å². The van der Waals surface area contributed by atoms with E-state index in [2.05, 4.69) is 16.6 Å². The molecule has 1 aromatic carbocycles. The number of methoxy groups -OCH3 is 1. The molecule has 0 saturated carbocycles. The fraction of sp³-hybridized carbons (Fsp3) is 0.400. The first-order valence-corrected chi connectivity index (χ1v) is 5.82. The second kappa shape index (κ2) is 9.47. The summed E-state index contributed by atoms with van der Waals surface area (Å²) in [6.45, 7) is 5.77. The van der Waals surface area contributed by atoms with Crippen molar-refractivity contribution in [3.63, 3.8) is 0 Å². The Labute approximate surface area is 104 Å². The molecule has 1 rings (SSSR count). The average molecular weight is 232 g/mol. The summed E-state index contributed by atoms with van der Waals surface area (Å²) in [6, 6.07) is 9.77. The first-order chi connectivity index (χ1) is 8.27. The number of hydrogen-bond donors (Lipinski definition) is 0. The van der Waals surface area contributed by atoms with E-state index in [0.717, 1.165) is 5.56 Å². The van der Waals surface area contributed by atoms with Gasteiger partial charge in [-0.2, -0.15) is 0 Å². The molecular formula is C15H20O2. The normalized spacial score (nSPS) is 10.1. The van der Waals surface area contributed by atoms with Gasteiger partial charge in [0.2, 0.25) is 0 Å². The van der Waals surface area contributed by atoms with Gasteiger partial charge in [0.05, 0.1) is 19.4 Å². The maximum Gasteiger partial charge on any atom is 0.307 e. The summed E-state index contributed by atoms with van der Waals surface area (Å²) in [5, 5.41) is 0. The molecule has 0 fully saturated rings. The number of ether oxygens (including phenoxy) is 1. The smallest absolute Gasteiger partial charge is 0.307 e. The molecule has 0 aromatic heterocycles. The molecule has 0 saturated heterocycles. The maximum atomic E-state index is 11.2. The standard InChI is InChI=1S/C13H14O2.C2H6/c1-3-7-12(10-13(14)15-2)11-8-5-4-6-9-11;1-2/h4-6,8-9,12H,10H2,1-2H3;1-2H3. The fourth-order valence-electron chi connectivity index (χ4n) is 1.36. The highest BCUT2D eigenvalue weighted by Crippen LogP contribution is 2.18. The summed E-state index contributed by atoms with van der Waals surface area (Å²) in [6.07, 6.45) is 0.307. The van der Waals surface area contributed by atoms with Gasteiger partial charge in [-0.3, -0.25) is 4.79 Å². The quantitative estimate of drug-likeness (QED) is 0.590. The highest BCUT2D eigenvalue weighted by molar-refractivity contribution is 5.71. The van der Waals surface area contributed by atoms with Crippen LogP contribution in [0.5, 0.6) is 0 Å². The second-order valence-corrected chi connectivity index (χ2v) is 3.14. The van der Waals surface area contributed by atoms with E-state index in [1.807, 2.05) is 44.2 Å². The zero-order valence-electron chi connectivity index (χ0n) is 11.0. The van der Waals surface area contributed by atoms with Crippen molar-refractivity contribution in [2.24, 2.45) is 0 Å². The van der Waals surface area contributed by atoms with Gasteiger partial charge in [0.15, 0.2) is 0 Å². The van der Waals surface area contributed by atoms with Crippen LogP contribution in [0.25, 0.3) is 0 Å². The van der Waals surface area contributed by atoms with Gasteiger partial charge in [-0.15, -0.1) is 5.92 Å². The summed E-state index contributed by atoms with van der Waals surface area (Å²) < 4.78 is 4.64. The van der Waals surface area contributed by atoms with E-state index in [1.165, 1.54) is 7.11 Å². The lowest BCUT2D eigenvalue weighted by atomic mass is 9.96. The van der Waals surface area contributed by atoms with Crippen molar-refractivity contribution >= 4 is 5.97 Å². The van der Waals surface area contributed by atoms with Crippen LogP contribution in [0.2, 0.25) is 0 Å². The van der Waals surface area contributed by atoms with Crippen LogP contribution in [-0.4, -0.2) is 13.1 Å². The molecule has 1 aromatic rings. The largest absolute Gasteiger partial charge is 0.469 e. The van der Waals surface area contributed by atoms with Crippen LogP contribution in [0.3, 0.4) is 0 Å². The minimum absolute atomic E-state index is 0.0661. The van der Waals surface area contributed by atoms with Crippen LogP contribution in [0.1, 0.15) is 38.7 Å². The molecule has 0 aliphatic rings. The third-order valence-corrected chi connectivity index (χ3v) is 2.12. The van der Waals surface area contributed by atoms with E-state index in [-0.39, 0.29) is 11.9 Å². The fourth-order valence-corrected chi connectivity index (χ4v) is 1.36. The van der Waals surface area contributed by atoms with Gasteiger partial charge in [0.25, 0.3) is 0 Å². The van der Waals surface area contributed by atoms with E-state index in [0.29, 0.717) is 6.42 Å². The SMILES string of the molecule is CC.CC#CC(CC(=O)OC)c1ccccc1. The third kappa shape index (κ3) is 5.77. The molecule has 2 heteroatoms. The van der Waals surface area contributed by atoms with Crippen LogP contribution in [-0.2, 0) is 9.53 Å². The van der Waals surface area contributed by atoms with E-state index >= 15 is 0 Å². The first-order valence-electron chi connectivity index (χ1n) is 5.82. The van der Waals surface area contributed by atoms with Crippen LogP contribution >= 0.6 is 0 Å². The summed E-state index contributed by atoms with van der Waals surface area (Å²) in [7, 11) is 1.39.